The van der Waals surface area contributed by atoms with Crippen LogP contribution < -0.4 is 9.30 Å². The number of aromatic nitrogens is 2. The lowest BCUT2D eigenvalue weighted by molar-refractivity contribution is -0.645. The van der Waals surface area contributed by atoms with Gasteiger partial charge in [0.25, 0.3) is 11.8 Å². The number of hydrogen-bond donors (Lipinski definition) is 0. The number of imide groups is 1. The number of rotatable bonds is 8. The molecule has 1 aliphatic heterocycles. The molecule has 0 unspecified atom stereocenters. The van der Waals surface area contributed by atoms with E-state index in [0.717, 1.165) is 35.0 Å². The first-order valence-electron chi connectivity index (χ1n) is 10.5. The van der Waals surface area contributed by atoms with Gasteiger partial charge in [-0.3, -0.25) is 9.59 Å². The first-order valence-corrected chi connectivity index (χ1v) is 10.5. The quantitative estimate of drug-likeness (QED) is 0.240. The molecule has 0 atom stereocenters. The molecule has 2 heterocycles. The van der Waals surface area contributed by atoms with E-state index in [0.29, 0.717) is 17.2 Å². The van der Waals surface area contributed by atoms with Crippen LogP contribution in [-0.2, 0) is 25.8 Å². The molecule has 0 N–H and O–H groups in total. The van der Waals surface area contributed by atoms with Crippen molar-refractivity contribution in [2.24, 2.45) is 0 Å². The summed E-state index contributed by atoms with van der Waals surface area (Å²) in [6, 6.07) is 13.8. The summed E-state index contributed by atoms with van der Waals surface area (Å²) in [5, 5.41) is 0.565. The van der Waals surface area contributed by atoms with E-state index >= 15 is 0 Å². The standard InChI is InChI=1S/C23H24N3O5/c1-2-14-25-17-8-4-3-7-16(17)24-23-18(25)9-5-10-19(23)30-15-6-11-22(29)31-26-20(27)12-13-21(26)28/h3-5,7-10H,2,6,11-15H2,1H3/q+1. The van der Waals surface area contributed by atoms with E-state index in [1.54, 1.807) is 0 Å². The number of hydroxylamine groups is 2. The van der Waals surface area contributed by atoms with E-state index in [1.165, 1.54) is 0 Å². The zero-order chi connectivity index (χ0) is 21.8. The molecule has 160 valence electrons. The lowest BCUT2D eigenvalue weighted by Gasteiger charge is -2.13. The Balaban J connectivity index is 1.45. The highest BCUT2D eigenvalue weighted by Gasteiger charge is 2.32. The number of benzene rings is 2. The molecular weight excluding hydrogens is 398 g/mol. The van der Waals surface area contributed by atoms with E-state index in [4.69, 9.17) is 14.6 Å². The summed E-state index contributed by atoms with van der Waals surface area (Å²) in [5.74, 6) is -0.950. The molecule has 3 aromatic rings. The van der Waals surface area contributed by atoms with Crippen molar-refractivity contribution in [2.75, 3.05) is 6.61 Å². The molecule has 0 radical (unpaired) electrons. The van der Waals surface area contributed by atoms with E-state index in [2.05, 4.69) is 17.6 Å². The molecule has 2 aromatic carbocycles. The Hall–Kier alpha value is -3.55. The van der Waals surface area contributed by atoms with Crippen molar-refractivity contribution in [3.8, 4) is 5.75 Å². The maximum atomic E-state index is 11.9. The zero-order valence-corrected chi connectivity index (χ0v) is 17.4. The third-order valence-corrected chi connectivity index (χ3v) is 5.10. The highest BCUT2D eigenvalue weighted by Crippen LogP contribution is 2.24. The van der Waals surface area contributed by atoms with E-state index in [-0.39, 0.29) is 25.9 Å². The number of para-hydroxylation sites is 3. The highest BCUT2D eigenvalue weighted by atomic mass is 16.7. The smallest absolute Gasteiger partial charge is 0.333 e. The normalized spacial score (nSPS) is 13.9. The number of carbonyl (C=O) groups is 3. The molecule has 0 aliphatic carbocycles. The predicted molar refractivity (Wildman–Crippen MR) is 112 cm³/mol. The summed E-state index contributed by atoms with van der Waals surface area (Å²) < 4.78 is 8.17. The molecule has 0 saturated carbocycles. The number of hydrogen-bond acceptors (Lipinski definition) is 6. The largest absolute Gasteiger partial charge is 0.491 e. The van der Waals surface area contributed by atoms with Crippen molar-refractivity contribution in [2.45, 2.75) is 45.6 Å². The number of fused-ring (bicyclic) bond motifs is 2. The topological polar surface area (TPSA) is 89.7 Å². The maximum absolute atomic E-state index is 11.9. The fourth-order valence-corrected chi connectivity index (χ4v) is 3.66. The molecule has 1 saturated heterocycles. The van der Waals surface area contributed by atoms with Crippen molar-refractivity contribution >= 4 is 39.9 Å². The van der Waals surface area contributed by atoms with Crippen LogP contribution in [0.2, 0.25) is 0 Å². The average molecular weight is 422 g/mol. The van der Waals surface area contributed by atoms with Gasteiger partial charge >= 0.3 is 5.97 Å². The van der Waals surface area contributed by atoms with E-state index in [9.17, 15) is 14.4 Å². The van der Waals surface area contributed by atoms with Crippen LogP contribution in [0.1, 0.15) is 39.0 Å². The van der Waals surface area contributed by atoms with Gasteiger partial charge in [0, 0.05) is 31.4 Å². The summed E-state index contributed by atoms with van der Waals surface area (Å²) in [4.78, 5) is 44.7. The van der Waals surface area contributed by atoms with Crippen molar-refractivity contribution in [3.63, 3.8) is 0 Å². The third kappa shape index (κ3) is 4.33. The summed E-state index contributed by atoms with van der Waals surface area (Å²) >= 11 is 0. The highest BCUT2D eigenvalue weighted by molar-refractivity contribution is 6.01. The maximum Gasteiger partial charge on any atom is 0.333 e. The molecule has 31 heavy (non-hydrogen) atoms. The Morgan fingerprint density at radius 3 is 2.58 bits per heavy atom. The van der Waals surface area contributed by atoms with Crippen LogP contribution in [0.25, 0.3) is 22.1 Å². The Bertz CT molecular complexity index is 1140. The molecule has 1 fully saturated rings. The van der Waals surface area contributed by atoms with Gasteiger partial charge in [-0.2, -0.15) is 4.57 Å². The van der Waals surface area contributed by atoms with Crippen molar-refractivity contribution in [3.05, 3.63) is 42.5 Å². The number of aryl methyl sites for hydroxylation is 1. The minimum absolute atomic E-state index is 0.0357. The van der Waals surface area contributed by atoms with Gasteiger partial charge in [-0.1, -0.05) is 25.1 Å². The van der Waals surface area contributed by atoms with Crippen molar-refractivity contribution < 1.29 is 28.5 Å². The molecule has 0 bridgehead atoms. The lowest BCUT2D eigenvalue weighted by atomic mass is 10.2. The minimum Gasteiger partial charge on any atom is -0.491 e. The zero-order valence-electron chi connectivity index (χ0n) is 17.4. The van der Waals surface area contributed by atoms with Crippen LogP contribution in [0.4, 0.5) is 0 Å². The Morgan fingerprint density at radius 1 is 1.06 bits per heavy atom. The number of amides is 2. The third-order valence-electron chi connectivity index (χ3n) is 5.10. The van der Waals surface area contributed by atoms with Crippen LogP contribution >= 0.6 is 0 Å². The number of ether oxygens (including phenoxy) is 1. The molecule has 1 aromatic heterocycles. The van der Waals surface area contributed by atoms with E-state index < -0.39 is 17.8 Å². The monoisotopic (exact) mass is 422 g/mol. The van der Waals surface area contributed by atoms with Gasteiger partial charge in [0.1, 0.15) is 12.1 Å². The first-order chi connectivity index (χ1) is 15.1. The SMILES string of the molecule is CCC[n+]1c2ccccc2nc2c(OCCCC(=O)ON3C(=O)CCC3=O)cccc21. The first kappa shape index (κ1) is 20.7. The van der Waals surface area contributed by atoms with Crippen molar-refractivity contribution in [1.29, 1.82) is 0 Å². The Morgan fingerprint density at radius 2 is 1.81 bits per heavy atom. The molecule has 8 heteroatoms. The second kappa shape index (κ2) is 9.07. The van der Waals surface area contributed by atoms with Crippen molar-refractivity contribution in [1.82, 2.24) is 10.0 Å². The molecule has 0 spiro atoms. The molecular formula is C23H24N3O5+. The summed E-state index contributed by atoms with van der Waals surface area (Å²) in [7, 11) is 0. The van der Waals surface area contributed by atoms with Crippen LogP contribution in [-0.4, -0.2) is 34.4 Å². The summed E-state index contributed by atoms with van der Waals surface area (Å²) in [6.45, 7) is 3.28. The van der Waals surface area contributed by atoms with Crippen LogP contribution in [0.15, 0.2) is 42.5 Å². The Kier molecular flexibility index (Phi) is 6.06. The molecule has 2 amide bonds. The Labute approximate surface area is 179 Å². The van der Waals surface area contributed by atoms with Crippen LogP contribution in [0.3, 0.4) is 0 Å². The van der Waals surface area contributed by atoms with E-state index in [1.807, 2.05) is 36.4 Å². The second-order valence-electron chi connectivity index (χ2n) is 7.37. The molecule has 8 nitrogen and oxygen atoms in total. The summed E-state index contributed by atoms with van der Waals surface area (Å²) in [5.41, 5.74) is 3.72. The van der Waals surface area contributed by atoms with Gasteiger partial charge in [-0.05, 0) is 18.6 Å². The van der Waals surface area contributed by atoms with Gasteiger partial charge in [0.2, 0.25) is 11.0 Å². The fourth-order valence-electron chi connectivity index (χ4n) is 3.66. The fraction of sp³-hybridized carbons (Fsp3) is 0.348. The predicted octanol–water partition coefficient (Wildman–Crippen LogP) is 2.85. The van der Waals surface area contributed by atoms with Gasteiger partial charge < -0.3 is 9.57 Å². The number of nitrogens with zero attached hydrogens (tertiary/aromatic N) is 3. The van der Waals surface area contributed by atoms with Gasteiger partial charge in [0.05, 0.1) is 13.0 Å². The molecule has 4 rings (SSSR count). The minimum atomic E-state index is -0.630. The lowest BCUT2D eigenvalue weighted by Crippen LogP contribution is -2.35. The average Bonchev–Trinajstić information content (AvgIpc) is 3.09. The number of carbonyl (C=O) groups excluding carboxylic acids is 3. The van der Waals surface area contributed by atoms with Gasteiger partial charge in [0.15, 0.2) is 11.3 Å². The van der Waals surface area contributed by atoms with Gasteiger partial charge in [-0.25, -0.2) is 9.78 Å². The van der Waals surface area contributed by atoms with Crippen LogP contribution in [0, 0.1) is 0 Å². The summed E-state index contributed by atoms with van der Waals surface area (Å²) in [6.07, 6.45) is 1.57. The molecule has 1 aliphatic rings. The van der Waals surface area contributed by atoms with Gasteiger partial charge in [-0.15, -0.1) is 5.06 Å². The van der Waals surface area contributed by atoms with Crippen LogP contribution in [0.5, 0.6) is 5.75 Å². The second-order valence-corrected chi connectivity index (χ2v) is 7.37.